The van der Waals surface area contributed by atoms with Crippen LogP contribution in [0, 0.1) is 0 Å². The van der Waals surface area contributed by atoms with E-state index in [0.717, 1.165) is 29.2 Å². The molecule has 0 saturated heterocycles. The first kappa shape index (κ1) is 18.4. The molecule has 0 heterocycles. The number of carbonyl (C=O) groups excluding carboxylic acids is 2. The molecule has 1 aliphatic rings. The molecule has 26 heavy (non-hydrogen) atoms. The van der Waals surface area contributed by atoms with Gasteiger partial charge < -0.3 is 0 Å². The average molecular weight is 374 g/mol. The third-order valence-electron chi connectivity index (χ3n) is 4.71. The van der Waals surface area contributed by atoms with Crippen LogP contribution in [0.1, 0.15) is 31.2 Å². The maximum atomic E-state index is 12.2. The number of rotatable bonds is 5. The van der Waals surface area contributed by atoms with Crippen molar-refractivity contribution in [2.45, 2.75) is 37.4 Å². The van der Waals surface area contributed by atoms with Crippen LogP contribution >= 0.6 is 0 Å². The van der Waals surface area contributed by atoms with Crippen molar-refractivity contribution in [1.82, 2.24) is 10.9 Å². The smallest absolute Gasteiger partial charge is 0.253 e. The molecule has 1 fully saturated rings. The summed E-state index contributed by atoms with van der Waals surface area (Å²) in [7, 11) is -3.46. The number of amides is 2. The molecule has 2 amide bonds. The SMILES string of the molecule is O=C(Cc1cccc2ccccc12)NNC(=O)CS(=O)(=O)C1CCCC1. The third kappa shape index (κ3) is 4.40. The third-order valence-corrected chi connectivity index (χ3v) is 6.87. The first-order valence-corrected chi connectivity index (χ1v) is 10.4. The predicted octanol–water partition coefficient (Wildman–Crippen LogP) is 1.89. The number of carbonyl (C=O) groups is 2. The Morgan fingerprint density at radius 1 is 0.923 bits per heavy atom. The summed E-state index contributed by atoms with van der Waals surface area (Å²) in [5.41, 5.74) is 5.36. The van der Waals surface area contributed by atoms with Crippen LogP contribution < -0.4 is 10.9 Å². The van der Waals surface area contributed by atoms with Gasteiger partial charge in [0, 0.05) is 0 Å². The molecule has 2 aromatic carbocycles. The number of hydrogen-bond donors (Lipinski definition) is 2. The first-order valence-electron chi connectivity index (χ1n) is 8.71. The fraction of sp³-hybridized carbons (Fsp3) is 0.368. The highest BCUT2D eigenvalue weighted by Gasteiger charge is 2.30. The van der Waals surface area contributed by atoms with E-state index in [0.29, 0.717) is 12.8 Å². The molecule has 6 nitrogen and oxygen atoms in total. The molecule has 1 saturated carbocycles. The number of benzene rings is 2. The zero-order chi connectivity index (χ0) is 18.6. The zero-order valence-electron chi connectivity index (χ0n) is 14.4. The molecule has 0 spiro atoms. The zero-order valence-corrected chi connectivity index (χ0v) is 15.2. The molecule has 0 atom stereocenters. The van der Waals surface area contributed by atoms with Crippen molar-refractivity contribution in [1.29, 1.82) is 0 Å². The van der Waals surface area contributed by atoms with Crippen LogP contribution in [-0.2, 0) is 25.8 Å². The molecule has 1 aliphatic carbocycles. The van der Waals surface area contributed by atoms with Crippen LogP contribution in [0.5, 0.6) is 0 Å². The van der Waals surface area contributed by atoms with Crippen molar-refractivity contribution in [2.24, 2.45) is 0 Å². The maximum absolute atomic E-state index is 12.2. The van der Waals surface area contributed by atoms with Crippen LogP contribution in [0.25, 0.3) is 10.8 Å². The summed E-state index contributed by atoms with van der Waals surface area (Å²) in [6.45, 7) is 0. The maximum Gasteiger partial charge on any atom is 0.253 e. The second kappa shape index (κ2) is 7.86. The van der Waals surface area contributed by atoms with Gasteiger partial charge >= 0.3 is 0 Å². The Balaban J connectivity index is 1.54. The van der Waals surface area contributed by atoms with E-state index in [9.17, 15) is 18.0 Å². The Morgan fingerprint density at radius 3 is 2.35 bits per heavy atom. The number of hydrogen-bond acceptors (Lipinski definition) is 4. The van der Waals surface area contributed by atoms with Gasteiger partial charge in [-0.05, 0) is 29.2 Å². The summed E-state index contributed by atoms with van der Waals surface area (Å²) in [5, 5.41) is 1.57. The lowest BCUT2D eigenvalue weighted by molar-refractivity contribution is -0.127. The van der Waals surface area contributed by atoms with Crippen molar-refractivity contribution in [2.75, 3.05) is 5.75 Å². The van der Waals surface area contributed by atoms with E-state index in [4.69, 9.17) is 0 Å². The van der Waals surface area contributed by atoms with Gasteiger partial charge in [-0.25, -0.2) is 8.42 Å². The lowest BCUT2D eigenvalue weighted by atomic mass is 10.0. The van der Waals surface area contributed by atoms with Crippen LogP contribution in [0.4, 0.5) is 0 Å². The minimum atomic E-state index is -3.46. The highest BCUT2D eigenvalue weighted by molar-refractivity contribution is 7.92. The number of sulfone groups is 1. The Labute approximate surface area is 152 Å². The monoisotopic (exact) mass is 374 g/mol. The molecule has 0 radical (unpaired) electrons. The van der Waals surface area contributed by atoms with E-state index in [-0.39, 0.29) is 6.42 Å². The van der Waals surface area contributed by atoms with E-state index in [1.54, 1.807) is 0 Å². The lowest BCUT2D eigenvalue weighted by Gasteiger charge is -2.12. The Morgan fingerprint density at radius 2 is 1.58 bits per heavy atom. The van der Waals surface area contributed by atoms with Crippen molar-refractivity contribution >= 4 is 32.4 Å². The average Bonchev–Trinajstić information content (AvgIpc) is 3.16. The van der Waals surface area contributed by atoms with E-state index in [1.807, 2.05) is 42.5 Å². The fourth-order valence-electron chi connectivity index (χ4n) is 3.39. The van der Waals surface area contributed by atoms with Gasteiger partial charge in [0.2, 0.25) is 5.91 Å². The van der Waals surface area contributed by atoms with Gasteiger partial charge in [0.25, 0.3) is 5.91 Å². The summed E-state index contributed by atoms with van der Waals surface area (Å²) < 4.78 is 24.3. The number of hydrazine groups is 1. The van der Waals surface area contributed by atoms with Gasteiger partial charge in [-0.2, -0.15) is 0 Å². The van der Waals surface area contributed by atoms with E-state index < -0.39 is 32.7 Å². The van der Waals surface area contributed by atoms with Gasteiger partial charge in [-0.1, -0.05) is 55.3 Å². The van der Waals surface area contributed by atoms with Crippen molar-refractivity contribution in [3.05, 3.63) is 48.0 Å². The van der Waals surface area contributed by atoms with Crippen LogP contribution in [-0.4, -0.2) is 31.2 Å². The molecule has 0 bridgehead atoms. The summed E-state index contributed by atoms with van der Waals surface area (Å²) in [6.07, 6.45) is 3.09. The fourth-order valence-corrected chi connectivity index (χ4v) is 5.11. The van der Waals surface area contributed by atoms with Gasteiger partial charge in [-0.3, -0.25) is 20.4 Å². The second-order valence-electron chi connectivity index (χ2n) is 6.63. The highest BCUT2D eigenvalue weighted by Crippen LogP contribution is 2.25. The number of fused-ring (bicyclic) bond motifs is 1. The summed E-state index contributed by atoms with van der Waals surface area (Å²) in [6, 6.07) is 13.4. The standard InChI is InChI=1S/C19H22N2O4S/c22-18(12-15-8-5-7-14-6-1-4-11-17(14)15)20-21-19(23)13-26(24,25)16-9-2-3-10-16/h1,4-8,11,16H,2-3,9-10,12-13H2,(H,20,22)(H,21,23). The quantitative estimate of drug-likeness (QED) is 0.782. The second-order valence-corrected chi connectivity index (χ2v) is 8.91. The normalized spacial score (nSPS) is 15.1. The van der Waals surface area contributed by atoms with Crippen LogP contribution in [0.15, 0.2) is 42.5 Å². The van der Waals surface area contributed by atoms with Gasteiger partial charge in [-0.15, -0.1) is 0 Å². The summed E-state index contributed by atoms with van der Waals surface area (Å²) in [5.74, 6) is -1.69. The first-order chi connectivity index (χ1) is 12.5. The lowest BCUT2D eigenvalue weighted by Crippen LogP contribution is -2.45. The Bertz CT molecular complexity index is 913. The summed E-state index contributed by atoms with van der Waals surface area (Å²) >= 11 is 0. The number of nitrogens with one attached hydrogen (secondary N) is 2. The van der Waals surface area contributed by atoms with Crippen LogP contribution in [0.3, 0.4) is 0 Å². The van der Waals surface area contributed by atoms with E-state index >= 15 is 0 Å². The van der Waals surface area contributed by atoms with Crippen molar-refractivity contribution in [3.63, 3.8) is 0 Å². The molecule has 0 unspecified atom stereocenters. The molecule has 7 heteroatoms. The molecule has 2 aromatic rings. The molecular weight excluding hydrogens is 352 g/mol. The van der Waals surface area contributed by atoms with E-state index in [1.165, 1.54) is 0 Å². The van der Waals surface area contributed by atoms with E-state index in [2.05, 4.69) is 10.9 Å². The molecule has 3 rings (SSSR count). The largest absolute Gasteiger partial charge is 0.273 e. The summed E-state index contributed by atoms with van der Waals surface area (Å²) in [4.78, 5) is 24.0. The minimum absolute atomic E-state index is 0.0943. The van der Waals surface area contributed by atoms with Crippen LogP contribution in [0.2, 0.25) is 0 Å². The highest BCUT2D eigenvalue weighted by atomic mass is 32.2. The predicted molar refractivity (Wildman–Crippen MR) is 100.0 cm³/mol. The van der Waals surface area contributed by atoms with Crippen molar-refractivity contribution < 1.29 is 18.0 Å². The van der Waals surface area contributed by atoms with Gasteiger partial charge in [0.1, 0.15) is 5.75 Å². The topological polar surface area (TPSA) is 92.3 Å². The van der Waals surface area contributed by atoms with Gasteiger partial charge in [0.15, 0.2) is 9.84 Å². The molecular formula is C19H22N2O4S. The Hall–Kier alpha value is -2.41. The molecule has 138 valence electrons. The molecule has 0 aromatic heterocycles. The van der Waals surface area contributed by atoms with Gasteiger partial charge in [0.05, 0.1) is 11.7 Å². The molecule has 2 N–H and O–H groups in total. The van der Waals surface area contributed by atoms with Crippen molar-refractivity contribution in [3.8, 4) is 0 Å². The minimum Gasteiger partial charge on any atom is -0.273 e. The molecule has 0 aliphatic heterocycles. The Kier molecular flexibility index (Phi) is 5.56.